The van der Waals surface area contributed by atoms with Gasteiger partial charge in [0.2, 0.25) is 5.91 Å². The predicted octanol–water partition coefficient (Wildman–Crippen LogP) is 2.76. The maximum Gasteiger partial charge on any atom is 0.233 e. The molecule has 2 N–H and O–H groups in total. The monoisotopic (exact) mass is 268 g/mol. The van der Waals surface area contributed by atoms with Crippen molar-refractivity contribution in [2.45, 2.75) is 26.8 Å². The molecule has 0 fully saturated rings. The average Bonchev–Trinajstić information content (AvgIpc) is 2.34. The number of amides is 1. The van der Waals surface area contributed by atoms with E-state index in [0.29, 0.717) is 19.0 Å². The van der Waals surface area contributed by atoms with Crippen molar-refractivity contribution in [2.75, 3.05) is 13.1 Å². The fourth-order valence-corrected chi connectivity index (χ4v) is 1.86. The number of carbonyl (C=O) groups is 1. The van der Waals surface area contributed by atoms with Crippen molar-refractivity contribution in [1.29, 1.82) is 0 Å². The normalized spacial score (nSPS) is 12.5. The molecule has 3 nitrogen and oxygen atoms in total. The molecule has 0 aromatic heterocycles. The van der Waals surface area contributed by atoms with Crippen LogP contribution in [-0.4, -0.2) is 19.0 Å². The van der Waals surface area contributed by atoms with E-state index in [9.17, 15) is 4.79 Å². The van der Waals surface area contributed by atoms with E-state index in [2.05, 4.69) is 24.5 Å². The molecule has 1 aromatic rings. The Morgan fingerprint density at radius 3 is 2.56 bits per heavy atom. The number of hydrogen-bond acceptors (Lipinski definition) is 2. The summed E-state index contributed by atoms with van der Waals surface area (Å²) in [7, 11) is 0. The second-order valence-corrected chi connectivity index (χ2v) is 5.23. The molecule has 4 heteroatoms. The molecule has 1 rings (SSSR count). The number of hydrogen-bond donors (Lipinski definition) is 2. The predicted molar refractivity (Wildman–Crippen MR) is 75.7 cm³/mol. The van der Waals surface area contributed by atoms with E-state index in [4.69, 9.17) is 11.6 Å². The van der Waals surface area contributed by atoms with Crippen LogP contribution >= 0.6 is 11.6 Å². The lowest BCUT2D eigenvalue weighted by Gasteiger charge is -2.15. The number of benzene rings is 1. The Morgan fingerprint density at radius 2 is 1.94 bits per heavy atom. The molecule has 0 heterocycles. The highest BCUT2D eigenvalue weighted by Gasteiger charge is 2.10. The molecule has 0 aliphatic carbocycles. The number of carbonyl (C=O) groups excluding carboxylic acids is 1. The summed E-state index contributed by atoms with van der Waals surface area (Å²) in [5.74, 6) is 0.484. The molecule has 1 aromatic carbocycles. The summed E-state index contributed by atoms with van der Waals surface area (Å²) in [6, 6.07) is 7.72. The first kappa shape index (κ1) is 15.0. The van der Waals surface area contributed by atoms with Gasteiger partial charge in [0.15, 0.2) is 0 Å². The summed E-state index contributed by atoms with van der Waals surface area (Å²) in [6.45, 7) is 7.15. The maximum atomic E-state index is 11.6. The first-order valence-electron chi connectivity index (χ1n) is 6.25. The Labute approximate surface area is 114 Å². The van der Waals surface area contributed by atoms with Gasteiger partial charge in [0, 0.05) is 17.6 Å². The van der Waals surface area contributed by atoms with Crippen LogP contribution in [0.4, 0.5) is 0 Å². The van der Waals surface area contributed by atoms with Gasteiger partial charge in [-0.1, -0.05) is 43.6 Å². The minimum Gasteiger partial charge on any atom is -0.355 e. The number of nitrogens with one attached hydrogen (secondary N) is 2. The SMILES string of the molecule is CC(C)CNC(=O)CNC(C)c1ccccc1Cl. The van der Waals surface area contributed by atoms with Gasteiger partial charge in [-0.25, -0.2) is 0 Å². The molecular weight excluding hydrogens is 248 g/mol. The third kappa shape index (κ3) is 5.07. The van der Waals surface area contributed by atoms with Crippen molar-refractivity contribution >= 4 is 17.5 Å². The summed E-state index contributed by atoms with van der Waals surface area (Å²) >= 11 is 6.10. The Hall–Kier alpha value is -1.06. The molecule has 0 bridgehead atoms. The quantitative estimate of drug-likeness (QED) is 0.833. The van der Waals surface area contributed by atoms with Crippen LogP contribution in [0.25, 0.3) is 0 Å². The van der Waals surface area contributed by atoms with Crippen LogP contribution in [0.3, 0.4) is 0 Å². The van der Waals surface area contributed by atoms with Gasteiger partial charge in [-0.15, -0.1) is 0 Å². The van der Waals surface area contributed by atoms with E-state index in [1.807, 2.05) is 31.2 Å². The Morgan fingerprint density at radius 1 is 1.28 bits per heavy atom. The zero-order valence-electron chi connectivity index (χ0n) is 11.2. The minimum atomic E-state index is 0.0163. The molecule has 1 amide bonds. The lowest BCUT2D eigenvalue weighted by Crippen LogP contribution is -2.36. The second kappa shape index (κ2) is 7.39. The van der Waals surface area contributed by atoms with E-state index in [1.54, 1.807) is 0 Å². The lowest BCUT2D eigenvalue weighted by atomic mass is 10.1. The van der Waals surface area contributed by atoms with E-state index >= 15 is 0 Å². The molecule has 1 unspecified atom stereocenters. The molecular formula is C14H21ClN2O. The van der Waals surface area contributed by atoms with E-state index in [-0.39, 0.29) is 11.9 Å². The number of rotatable bonds is 6. The third-order valence-corrected chi connectivity index (χ3v) is 2.99. The molecule has 0 radical (unpaired) electrons. The molecule has 0 aliphatic heterocycles. The number of halogens is 1. The van der Waals surface area contributed by atoms with Crippen LogP contribution < -0.4 is 10.6 Å². The largest absolute Gasteiger partial charge is 0.355 e. The third-order valence-electron chi connectivity index (χ3n) is 2.65. The van der Waals surface area contributed by atoms with E-state index in [0.717, 1.165) is 10.6 Å². The van der Waals surface area contributed by atoms with Gasteiger partial charge in [-0.2, -0.15) is 0 Å². The highest BCUT2D eigenvalue weighted by molar-refractivity contribution is 6.31. The lowest BCUT2D eigenvalue weighted by molar-refractivity contribution is -0.120. The molecule has 1 atom stereocenters. The average molecular weight is 269 g/mol. The van der Waals surface area contributed by atoms with Crippen molar-refractivity contribution in [3.8, 4) is 0 Å². The van der Waals surface area contributed by atoms with Gasteiger partial charge in [-0.3, -0.25) is 4.79 Å². The Kier molecular flexibility index (Phi) is 6.16. The van der Waals surface area contributed by atoms with Crippen LogP contribution in [0.15, 0.2) is 24.3 Å². The first-order chi connectivity index (χ1) is 8.50. The first-order valence-corrected chi connectivity index (χ1v) is 6.63. The van der Waals surface area contributed by atoms with Crippen molar-refractivity contribution < 1.29 is 4.79 Å². The van der Waals surface area contributed by atoms with Crippen molar-refractivity contribution in [3.63, 3.8) is 0 Å². The molecule has 0 saturated carbocycles. The van der Waals surface area contributed by atoms with Gasteiger partial charge in [-0.05, 0) is 24.5 Å². The van der Waals surface area contributed by atoms with Crippen molar-refractivity contribution in [2.24, 2.45) is 5.92 Å². The van der Waals surface area contributed by atoms with Gasteiger partial charge >= 0.3 is 0 Å². The van der Waals surface area contributed by atoms with Crippen molar-refractivity contribution in [3.05, 3.63) is 34.9 Å². The van der Waals surface area contributed by atoms with Gasteiger partial charge in [0.25, 0.3) is 0 Å². The summed E-state index contributed by atoms with van der Waals surface area (Å²) in [5, 5.41) is 6.76. The molecule has 0 spiro atoms. The Balaban J connectivity index is 2.39. The van der Waals surface area contributed by atoms with Gasteiger partial charge in [0.1, 0.15) is 0 Å². The zero-order chi connectivity index (χ0) is 13.5. The Bertz CT molecular complexity index is 393. The fourth-order valence-electron chi connectivity index (χ4n) is 1.56. The van der Waals surface area contributed by atoms with Crippen molar-refractivity contribution in [1.82, 2.24) is 10.6 Å². The van der Waals surface area contributed by atoms with Crippen LogP contribution in [0.2, 0.25) is 5.02 Å². The second-order valence-electron chi connectivity index (χ2n) is 4.82. The standard InChI is InChI=1S/C14H21ClN2O/c1-10(2)8-17-14(18)9-16-11(3)12-6-4-5-7-13(12)15/h4-7,10-11,16H,8-9H2,1-3H3,(H,17,18). The highest BCUT2D eigenvalue weighted by atomic mass is 35.5. The van der Waals surface area contributed by atoms with E-state index < -0.39 is 0 Å². The maximum absolute atomic E-state index is 11.6. The minimum absolute atomic E-state index is 0.0163. The van der Waals surface area contributed by atoms with E-state index in [1.165, 1.54) is 0 Å². The molecule has 0 saturated heterocycles. The highest BCUT2D eigenvalue weighted by Crippen LogP contribution is 2.21. The van der Waals surface area contributed by atoms with Gasteiger partial charge in [0.05, 0.1) is 6.54 Å². The topological polar surface area (TPSA) is 41.1 Å². The molecule has 18 heavy (non-hydrogen) atoms. The van der Waals surface area contributed by atoms with Crippen LogP contribution in [0, 0.1) is 5.92 Å². The summed E-state index contributed by atoms with van der Waals surface area (Å²) in [6.07, 6.45) is 0. The summed E-state index contributed by atoms with van der Waals surface area (Å²) in [5.41, 5.74) is 1.01. The molecule has 0 aliphatic rings. The smallest absolute Gasteiger partial charge is 0.233 e. The fraction of sp³-hybridized carbons (Fsp3) is 0.500. The molecule has 100 valence electrons. The summed E-state index contributed by atoms with van der Waals surface area (Å²) < 4.78 is 0. The van der Waals surface area contributed by atoms with Crippen LogP contribution in [0.5, 0.6) is 0 Å². The van der Waals surface area contributed by atoms with Gasteiger partial charge < -0.3 is 10.6 Å². The van der Waals surface area contributed by atoms with Crippen LogP contribution in [-0.2, 0) is 4.79 Å². The zero-order valence-corrected chi connectivity index (χ0v) is 11.9. The summed E-state index contributed by atoms with van der Waals surface area (Å²) in [4.78, 5) is 11.6. The van der Waals surface area contributed by atoms with Crippen LogP contribution in [0.1, 0.15) is 32.4 Å².